The van der Waals surface area contributed by atoms with Gasteiger partial charge in [0.25, 0.3) is 0 Å². The molecule has 0 unspecified atom stereocenters. The summed E-state index contributed by atoms with van der Waals surface area (Å²) in [7, 11) is 0. The molecular weight excluding hydrogens is 401 g/mol. The van der Waals surface area contributed by atoms with Gasteiger partial charge in [-0.1, -0.05) is 29.3 Å². The van der Waals surface area contributed by atoms with E-state index < -0.39 is 0 Å². The third-order valence-electron chi connectivity index (χ3n) is 4.65. The number of hydrogen-bond donors (Lipinski definition) is 1. The van der Waals surface area contributed by atoms with Crippen LogP contribution in [0.4, 0.5) is 0 Å². The highest BCUT2D eigenvalue weighted by Gasteiger charge is 2.40. The average molecular weight is 418 g/mol. The predicted molar refractivity (Wildman–Crippen MR) is 112 cm³/mol. The maximum absolute atomic E-state index is 6.34. The molecule has 3 heterocycles. The van der Waals surface area contributed by atoms with Crippen LogP contribution in [0.3, 0.4) is 0 Å². The molecule has 2 aromatic heterocycles. The molecule has 0 amide bonds. The third kappa shape index (κ3) is 3.43. The van der Waals surface area contributed by atoms with Gasteiger partial charge in [0.15, 0.2) is 5.11 Å². The van der Waals surface area contributed by atoms with Crippen molar-refractivity contribution in [3.8, 4) is 11.3 Å². The average Bonchev–Trinajstić information content (AvgIpc) is 3.26. The van der Waals surface area contributed by atoms with Gasteiger partial charge >= 0.3 is 0 Å². The van der Waals surface area contributed by atoms with Crippen LogP contribution in [0.1, 0.15) is 30.5 Å². The summed E-state index contributed by atoms with van der Waals surface area (Å²) in [5, 5.41) is 5.22. The van der Waals surface area contributed by atoms with Crippen molar-refractivity contribution in [3.63, 3.8) is 0 Å². The number of rotatable bonds is 4. The number of nitrogens with one attached hydrogen (secondary N) is 1. The fraction of sp³-hybridized carbons (Fsp3) is 0.200. The van der Waals surface area contributed by atoms with E-state index in [2.05, 4.69) is 22.1 Å². The summed E-state index contributed by atoms with van der Waals surface area (Å²) in [6, 6.07) is 15.0. The van der Waals surface area contributed by atoms with Crippen molar-refractivity contribution in [3.05, 3.63) is 76.2 Å². The van der Waals surface area contributed by atoms with Crippen LogP contribution in [0.15, 0.2) is 59.1 Å². The van der Waals surface area contributed by atoms with Crippen molar-refractivity contribution in [2.45, 2.75) is 19.0 Å². The van der Waals surface area contributed by atoms with Gasteiger partial charge in [0.1, 0.15) is 17.6 Å². The molecule has 2 atom stereocenters. The molecule has 1 saturated heterocycles. The largest absolute Gasteiger partial charge is 0.459 e. The molecule has 0 aliphatic carbocycles. The maximum atomic E-state index is 6.34. The molecule has 4 rings (SSSR count). The number of benzene rings is 1. The van der Waals surface area contributed by atoms with Crippen LogP contribution in [0, 0.1) is 0 Å². The first-order valence-corrected chi connectivity index (χ1v) is 9.78. The summed E-state index contributed by atoms with van der Waals surface area (Å²) in [5.41, 5.74) is 1.72. The van der Waals surface area contributed by atoms with Crippen molar-refractivity contribution < 1.29 is 4.42 Å². The van der Waals surface area contributed by atoms with Crippen LogP contribution in [-0.4, -0.2) is 21.5 Å². The summed E-state index contributed by atoms with van der Waals surface area (Å²) < 4.78 is 6.21. The monoisotopic (exact) mass is 417 g/mol. The first kappa shape index (κ1) is 18.3. The standard InChI is InChI=1S/C20H17Cl2N3OS/c1-2-25-19(18(24-20(25)27)15-5-3-4-10-23-15)17-9-8-16(26-17)13-7-6-12(21)11-14(13)22/h3-11,18-19H,2H2,1H3,(H,24,27)/t18-,19-/m1/s1. The first-order chi connectivity index (χ1) is 13.1. The van der Waals surface area contributed by atoms with Crippen LogP contribution in [0.25, 0.3) is 11.3 Å². The quantitative estimate of drug-likeness (QED) is 0.556. The predicted octanol–water partition coefficient (Wildman–Crippen LogP) is 5.64. The Bertz CT molecular complexity index is 976. The number of hydrogen-bond acceptors (Lipinski definition) is 3. The Morgan fingerprint density at radius 2 is 2.04 bits per heavy atom. The number of likely N-dealkylation sites (N-methyl/N-ethyl adjacent to an activating group) is 1. The lowest BCUT2D eigenvalue weighted by molar-refractivity contribution is 0.284. The molecule has 4 nitrogen and oxygen atoms in total. The summed E-state index contributed by atoms with van der Waals surface area (Å²) >= 11 is 17.9. The zero-order chi connectivity index (χ0) is 19.0. The van der Waals surface area contributed by atoms with Crippen LogP contribution < -0.4 is 5.32 Å². The Balaban J connectivity index is 1.73. The van der Waals surface area contributed by atoms with Gasteiger partial charge in [-0.3, -0.25) is 4.98 Å². The second kappa shape index (κ2) is 7.50. The van der Waals surface area contributed by atoms with E-state index in [9.17, 15) is 0 Å². The Hall–Kier alpha value is -2.08. The minimum Gasteiger partial charge on any atom is -0.459 e. The van der Waals surface area contributed by atoms with Crippen LogP contribution in [-0.2, 0) is 0 Å². The summed E-state index contributed by atoms with van der Waals surface area (Å²) in [6.07, 6.45) is 1.78. The number of nitrogens with zero attached hydrogens (tertiary/aromatic N) is 2. The molecule has 0 bridgehead atoms. The molecule has 0 spiro atoms. The number of halogens is 2. The molecular formula is C20H17Cl2N3OS. The van der Waals surface area contributed by atoms with Crippen LogP contribution >= 0.6 is 35.4 Å². The van der Waals surface area contributed by atoms with Crippen molar-refractivity contribution >= 4 is 40.5 Å². The molecule has 1 aliphatic heterocycles. The Morgan fingerprint density at radius 1 is 1.19 bits per heavy atom. The molecule has 0 saturated carbocycles. The van der Waals surface area contributed by atoms with Crippen LogP contribution in [0.5, 0.6) is 0 Å². The van der Waals surface area contributed by atoms with Gasteiger partial charge in [-0.2, -0.15) is 0 Å². The highest BCUT2D eigenvalue weighted by Crippen LogP contribution is 2.41. The van der Waals surface area contributed by atoms with E-state index in [1.165, 1.54) is 0 Å². The highest BCUT2D eigenvalue weighted by molar-refractivity contribution is 7.80. The van der Waals surface area contributed by atoms with Crippen molar-refractivity contribution in [1.82, 2.24) is 15.2 Å². The van der Waals surface area contributed by atoms with Crippen molar-refractivity contribution in [2.24, 2.45) is 0 Å². The van der Waals surface area contributed by atoms with Crippen LogP contribution in [0.2, 0.25) is 10.0 Å². The van der Waals surface area contributed by atoms with Gasteiger partial charge in [-0.25, -0.2) is 0 Å². The molecule has 1 N–H and O–H groups in total. The highest BCUT2D eigenvalue weighted by atomic mass is 35.5. The molecule has 3 aromatic rings. The minimum absolute atomic E-state index is 0.0849. The van der Waals surface area contributed by atoms with E-state index in [1.807, 2.05) is 36.4 Å². The van der Waals surface area contributed by atoms with E-state index in [-0.39, 0.29) is 12.1 Å². The molecule has 138 valence electrons. The molecule has 1 fully saturated rings. The maximum Gasteiger partial charge on any atom is 0.170 e. The number of pyridine rings is 1. The van der Waals surface area contributed by atoms with Gasteiger partial charge in [0.05, 0.1) is 16.8 Å². The zero-order valence-corrected chi connectivity index (χ0v) is 16.9. The lowest BCUT2D eigenvalue weighted by Gasteiger charge is -2.24. The van der Waals surface area contributed by atoms with E-state index in [1.54, 1.807) is 18.3 Å². The lowest BCUT2D eigenvalue weighted by Crippen LogP contribution is -2.29. The molecule has 1 aromatic carbocycles. The van der Waals surface area contributed by atoms with E-state index in [0.717, 1.165) is 23.6 Å². The summed E-state index contributed by atoms with van der Waals surface area (Å²) in [5.74, 6) is 1.50. The lowest BCUT2D eigenvalue weighted by atomic mass is 10.0. The molecule has 0 radical (unpaired) electrons. The van der Waals surface area contributed by atoms with Gasteiger partial charge in [0, 0.05) is 23.3 Å². The van der Waals surface area contributed by atoms with Gasteiger partial charge in [-0.15, -0.1) is 0 Å². The van der Waals surface area contributed by atoms with Crippen molar-refractivity contribution in [1.29, 1.82) is 0 Å². The second-order valence-corrected chi connectivity index (χ2v) is 7.47. The van der Waals surface area contributed by atoms with E-state index >= 15 is 0 Å². The zero-order valence-electron chi connectivity index (χ0n) is 14.5. The number of thiocarbonyl (C=S) groups is 1. The molecule has 1 aliphatic rings. The minimum atomic E-state index is -0.0859. The Labute approximate surface area is 173 Å². The number of aromatic nitrogens is 1. The Morgan fingerprint density at radius 3 is 2.74 bits per heavy atom. The molecule has 7 heteroatoms. The van der Waals surface area contributed by atoms with Gasteiger partial charge in [0.2, 0.25) is 0 Å². The fourth-order valence-electron chi connectivity index (χ4n) is 3.40. The Kier molecular flexibility index (Phi) is 5.08. The van der Waals surface area contributed by atoms with Gasteiger partial charge < -0.3 is 14.6 Å². The fourth-order valence-corrected chi connectivity index (χ4v) is 4.27. The molecule has 27 heavy (non-hydrogen) atoms. The van der Waals surface area contributed by atoms with Crippen molar-refractivity contribution in [2.75, 3.05) is 6.54 Å². The summed E-state index contributed by atoms with van der Waals surface area (Å²) in [4.78, 5) is 6.61. The SMILES string of the molecule is CCN1C(=S)N[C@H](c2ccccn2)[C@H]1c1ccc(-c2ccc(Cl)cc2Cl)o1. The first-order valence-electron chi connectivity index (χ1n) is 8.61. The van der Waals surface area contributed by atoms with E-state index in [0.29, 0.717) is 20.9 Å². The normalized spacial score (nSPS) is 19.4. The summed E-state index contributed by atoms with van der Waals surface area (Å²) in [6.45, 7) is 2.83. The third-order valence-corrected chi connectivity index (χ3v) is 5.55. The topological polar surface area (TPSA) is 41.3 Å². The van der Waals surface area contributed by atoms with E-state index in [4.69, 9.17) is 39.8 Å². The number of furan rings is 1. The van der Waals surface area contributed by atoms with Gasteiger partial charge in [-0.05, 0) is 61.6 Å². The smallest absolute Gasteiger partial charge is 0.170 e. The second-order valence-electron chi connectivity index (χ2n) is 6.24.